The number of halogens is 1. The predicted molar refractivity (Wildman–Crippen MR) is 122 cm³/mol. The molecule has 7 heteroatoms. The first-order valence-electron chi connectivity index (χ1n) is 9.26. The molecular formula is C19H29IN4OS. The van der Waals surface area contributed by atoms with Gasteiger partial charge in [0.25, 0.3) is 0 Å². The number of anilines is 1. The van der Waals surface area contributed by atoms with E-state index in [1.807, 2.05) is 34.9 Å². The number of thioether (sulfide) groups is 1. The summed E-state index contributed by atoms with van der Waals surface area (Å²) in [5.41, 5.74) is 2.30. The zero-order valence-electron chi connectivity index (χ0n) is 15.6. The number of hydrogen-bond acceptors (Lipinski definition) is 3. The van der Waals surface area contributed by atoms with Crippen molar-refractivity contribution < 1.29 is 4.79 Å². The number of hydrogen-bond donors (Lipinski definition) is 1. The summed E-state index contributed by atoms with van der Waals surface area (Å²) in [7, 11) is 0. The Balaban J connectivity index is 0.00000243. The van der Waals surface area contributed by atoms with Crippen molar-refractivity contribution in [3.05, 3.63) is 29.8 Å². The fraction of sp³-hybridized carbons (Fsp3) is 0.579. The number of carbonyl (C=O) groups excluding carboxylic acids is 1. The molecule has 2 aliphatic heterocycles. The molecule has 0 aliphatic carbocycles. The van der Waals surface area contributed by atoms with Gasteiger partial charge in [-0.15, -0.1) is 24.0 Å². The van der Waals surface area contributed by atoms with E-state index in [0.717, 1.165) is 50.0 Å². The van der Waals surface area contributed by atoms with E-state index in [1.54, 1.807) is 0 Å². The van der Waals surface area contributed by atoms with Crippen LogP contribution in [0.2, 0.25) is 0 Å². The summed E-state index contributed by atoms with van der Waals surface area (Å²) in [5.74, 6) is 2.08. The number of guanidine groups is 1. The minimum Gasteiger partial charge on any atom is -0.357 e. The monoisotopic (exact) mass is 488 g/mol. The summed E-state index contributed by atoms with van der Waals surface area (Å²) in [5, 5.41) is 4.01. The minimum atomic E-state index is 0. The quantitative estimate of drug-likeness (QED) is 0.402. The molecule has 0 radical (unpaired) electrons. The van der Waals surface area contributed by atoms with Crippen molar-refractivity contribution in [2.75, 3.05) is 43.4 Å². The maximum atomic E-state index is 12.7. The summed E-state index contributed by atoms with van der Waals surface area (Å²) in [4.78, 5) is 21.5. The third kappa shape index (κ3) is 5.06. The highest BCUT2D eigenvalue weighted by Gasteiger charge is 2.25. The molecule has 1 unspecified atom stereocenters. The number of aliphatic imine (C=N–C) groups is 1. The summed E-state index contributed by atoms with van der Waals surface area (Å²) in [6.07, 6.45) is 2.11. The number of carbonyl (C=O) groups is 1. The van der Waals surface area contributed by atoms with Crippen LogP contribution in [0.4, 0.5) is 5.69 Å². The smallest absolute Gasteiger partial charge is 0.248 e. The van der Waals surface area contributed by atoms with Gasteiger partial charge in [-0.2, -0.15) is 11.8 Å². The molecule has 144 valence electrons. The molecule has 1 aromatic rings. The maximum Gasteiger partial charge on any atom is 0.248 e. The first kappa shape index (κ1) is 21.3. The van der Waals surface area contributed by atoms with E-state index in [2.05, 4.69) is 35.1 Å². The van der Waals surface area contributed by atoms with Crippen LogP contribution in [0.25, 0.3) is 0 Å². The van der Waals surface area contributed by atoms with Crippen LogP contribution in [-0.2, 0) is 11.2 Å². The molecule has 2 heterocycles. The fourth-order valence-electron chi connectivity index (χ4n) is 3.41. The Labute approximate surface area is 178 Å². The highest BCUT2D eigenvalue weighted by atomic mass is 127. The number of fused-ring (bicyclic) bond motifs is 1. The average molecular weight is 488 g/mol. The largest absolute Gasteiger partial charge is 0.357 e. The number of benzene rings is 1. The first-order chi connectivity index (χ1) is 12.2. The SMILES string of the molecule is CCNC(=NCC(=O)N1CCc2ccccc21)N1CCSC(CC)C1.I. The molecule has 3 rings (SSSR count). The molecule has 1 saturated heterocycles. The molecule has 5 nitrogen and oxygen atoms in total. The van der Waals surface area contributed by atoms with Crippen LogP contribution in [0.15, 0.2) is 29.3 Å². The zero-order chi connectivity index (χ0) is 17.6. The Morgan fingerprint density at radius 1 is 1.31 bits per heavy atom. The highest BCUT2D eigenvalue weighted by Crippen LogP contribution is 2.27. The van der Waals surface area contributed by atoms with Crippen molar-refractivity contribution in [3.63, 3.8) is 0 Å². The van der Waals surface area contributed by atoms with Gasteiger partial charge in [0.15, 0.2) is 5.96 Å². The third-order valence-corrected chi connectivity index (χ3v) is 6.15. The minimum absolute atomic E-state index is 0. The summed E-state index contributed by atoms with van der Waals surface area (Å²) in [6, 6.07) is 8.16. The van der Waals surface area contributed by atoms with Crippen LogP contribution in [0.1, 0.15) is 25.8 Å². The van der Waals surface area contributed by atoms with E-state index in [0.29, 0.717) is 5.25 Å². The van der Waals surface area contributed by atoms with Gasteiger partial charge in [-0.1, -0.05) is 25.1 Å². The van der Waals surface area contributed by atoms with E-state index in [9.17, 15) is 4.79 Å². The maximum absolute atomic E-state index is 12.7. The zero-order valence-corrected chi connectivity index (χ0v) is 18.8. The van der Waals surface area contributed by atoms with Crippen molar-refractivity contribution in [2.45, 2.75) is 31.9 Å². The number of amides is 1. The lowest BCUT2D eigenvalue weighted by atomic mass is 10.2. The second-order valence-corrected chi connectivity index (χ2v) is 7.85. The van der Waals surface area contributed by atoms with Crippen molar-refractivity contribution in [1.82, 2.24) is 10.2 Å². The van der Waals surface area contributed by atoms with Crippen LogP contribution in [0.5, 0.6) is 0 Å². The number of nitrogens with zero attached hydrogens (tertiary/aromatic N) is 3. The summed E-state index contributed by atoms with van der Waals surface area (Å²) in [6.45, 7) is 8.10. The second-order valence-electron chi connectivity index (χ2n) is 6.44. The number of nitrogens with one attached hydrogen (secondary N) is 1. The van der Waals surface area contributed by atoms with Crippen LogP contribution >= 0.6 is 35.7 Å². The molecule has 0 spiro atoms. The molecule has 0 saturated carbocycles. The van der Waals surface area contributed by atoms with Gasteiger partial charge >= 0.3 is 0 Å². The molecule has 1 aromatic carbocycles. The van der Waals surface area contributed by atoms with E-state index in [4.69, 9.17) is 0 Å². The van der Waals surface area contributed by atoms with E-state index < -0.39 is 0 Å². The lowest BCUT2D eigenvalue weighted by Gasteiger charge is -2.34. The van der Waals surface area contributed by atoms with Gasteiger partial charge in [-0.3, -0.25) is 4.79 Å². The molecule has 1 amide bonds. The summed E-state index contributed by atoms with van der Waals surface area (Å²) < 4.78 is 0. The third-order valence-electron chi connectivity index (χ3n) is 4.78. The fourth-order valence-corrected chi connectivity index (χ4v) is 4.59. The Bertz CT molecular complexity index is 640. The van der Waals surface area contributed by atoms with Gasteiger partial charge in [-0.25, -0.2) is 4.99 Å². The molecule has 1 atom stereocenters. The Hall–Kier alpha value is -0.960. The van der Waals surface area contributed by atoms with Gasteiger partial charge in [0, 0.05) is 42.9 Å². The Morgan fingerprint density at radius 3 is 2.88 bits per heavy atom. The second kappa shape index (κ2) is 10.4. The van der Waals surface area contributed by atoms with E-state index in [-0.39, 0.29) is 36.4 Å². The van der Waals surface area contributed by atoms with Crippen LogP contribution < -0.4 is 10.2 Å². The van der Waals surface area contributed by atoms with Crippen molar-refractivity contribution >= 4 is 53.3 Å². The molecule has 2 aliphatic rings. The lowest BCUT2D eigenvalue weighted by molar-refractivity contribution is -0.117. The van der Waals surface area contributed by atoms with Crippen molar-refractivity contribution in [3.8, 4) is 0 Å². The highest BCUT2D eigenvalue weighted by molar-refractivity contribution is 14.0. The Morgan fingerprint density at radius 2 is 2.12 bits per heavy atom. The number of rotatable bonds is 4. The lowest BCUT2D eigenvalue weighted by Crippen LogP contribution is -2.48. The predicted octanol–water partition coefficient (Wildman–Crippen LogP) is 2.99. The number of para-hydroxylation sites is 1. The first-order valence-corrected chi connectivity index (χ1v) is 10.3. The van der Waals surface area contributed by atoms with Gasteiger partial charge in [0.1, 0.15) is 6.54 Å². The van der Waals surface area contributed by atoms with Crippen LogP contribution in [-0.4, -0.2) is 60.5 Å². The normalized spacial score (nSPS) is 19.8. The molecule has 26 heavy (non-hydrogen) atoms. The standard InChI is InChI=1S/C19H28N4OS.HI/c1-3-16-14-22(11-12-25-16)19(20-4-2)21-13-18(24)23-10-9-15-7-5-6-8-17(15)23;/h5-8,16H,3-4,9-14H2,1-2H3,(H,20,21);1H. The molecule has 1 fully saturated rings. The molecule has 0 bridgehead atoms. The van der Waals surface area contributed by atoms with Gasteiger partial charge in [-0.05, 0) is 31.4 Å². The summed E-state index contributed by atoms with van der Waals surface area (Å²) >= 11 is 2.04. The average Bonchev–Trinajstić information content (AvgIpc) is 3.09. The topological polar surface area (TPSA) is 47.9 Å². The molecule has 0 aromatic heterocycles. The van der Waals surface area contributed by atoms with E-state index in [1.165, 1.54) is 12.0 Å². The van der Waals surface area contributed by atoms with E-state index >= 15 is 0 Å². The van der Waals surface area contributed by atoms with Gasteiger partial charge in [0.05, 0.1) is 0 Å². The Kier molecular flexibility index (Phi) is 8.53. The van der Waals surface area contributed by atoms with Crippen LogP contribution in [0, 0.1) is 0 Å². The van der Waals surface area contributed by atoms with Gasteiger partial charge in [0.2, 0.25) is 5.91 Å². The molecule has 1 N–H and O–H groups in total. The van der Waals surface area contributed by atoms with Crippen LogP contribution in [0.3, 0.4) is 0 Å². The van der Waals surface area contributed by atoms with Gasteiger partial charge < -0.3 is 15.1 Å². The molecular weight excluding hydrogens is 459 g/mol. The van der Waals surface area contributed by atoms with Crippen molar-refractivity contribution in [2.24, 2.45) is 4.99 Å². The van der Waals surface area contributed by atoms with Crippen molar-refractivity contribution in [1.29, 1.82) is 0 Å².